The second-order valence-electron chi connectivity index (χ2n) is 4.20. The predicted molar refractivity (Wildman–Crippen MR) is 76.9 cm³/mol. The average Bonchev–Trinajstić information content (AvgIpc) is 2.34. The van der Waals surface area contributed by atoms with E-state index in [1.54, 1.807) is 30.1 Å². The first-order valence-electron chi connectivity index (χ1n) is 5.41. The van der Waals surface area contributed by atoms with Gasteiger partial charge in [-0.1, -0.05) is 16.8 Å². The summed E-state index contributed by atoms with van der Waals surface area (Å²) in [6.07, 6.45) is 1.18. The topological polar surface area (TPSA) is 96.0 Å². The lowest BCUT2D eigenvalue weighted by Gasteiger charge is -2.20. The quantitative estimate of drug-likeness (QED) is 0.365. The standard InChI is InChI=1S/C11H16ClN3O3S/c1-15(5-6-19(2,17)18)10-4-3-8(7-9(10)12)11(13)14-16/h3-4,7,16H,5-6H2,1-2H3,(H2,13,14). The molecule has 106 valence electrons. The minimum Gasteiger partial charge on any atom is -0.409 e. The van der Waals surface area contributed by atoms with E-state index in [4.69, 9.17) is 22.5 Å². The molecule has 1 rings (SSSR count). The Kier molecular flexibility index (Phi) is 5.02. The number of amidine groups is 1. The van der Waals surface area contributed by atoms with Crippen molar-refractivity contribution in [2.45, 2.75) is 0 Å². The molecule has 1 aromatic carbocycles. The van der Waals surface area contributed by atoms with Crippen LogP contribution in [0.5, 0.6) is 0 Å². The third kappa shape index (κ3) is 4.60. The normalized spacial score (nSPS) is 12.5. The highest BCUT2D eigenvalue weighted by Gasteiger charge is 2.11. The van der Waals surface area contributed by atoms with Gasteiger partial charge >= 0.3 is 0 Å². The molecule has 0 heterocycles. The average molecular weight is 306 g/mol. The molecule has 0 radical (unpaired) electrons. The highest BCUT2D eigenvalue weighted by Crippen LogP contribution is 2.26. The Morgan fingerprint density at radius 3 is 2.63 bits per heavy atom. The molecule has 19 heavy (non-hydrogen) atoms. The van der Waals surface area contributed by atoms with Crippen molar-refractivity contribution in [2.75, 3.05) is 30.5 Å². The van der Waals surface area contributed by atoms with E-state index < -0.39 is 9.84 Å². The molecule has 0 spiro atoms. The third-order valence-electron chi connectivity index (χ3n) is 2.56. The van der Waals surface area contributed by atoms with Gasteiger partial charge in [-0.3, -0.25) is 0 Å². The van der Waals surface area contributed by atoms with E-state index in [0.717, 1.165) is 0 Å². The summed E-state index contributed by atoms with van der Waals surface area (Å²) in [5.41, 5.74) is 6.63. The number of benzene rings is 1. The van der Waals surface area contributed by atoms with Crippen molar-refractivity contribution in [3.05, 3.63) is 28.8 Å². The predicted octanol–water partition coefficient (Wildman–Crippen LogP) is 0.915. The van der Waals surface area contributed by atoms with E-state index in [1.807, 2.05) is 0 Å². The van der Waals surface area contributed by atoms with Crippen LogP contribution >= 0.6 is 11.6 Å². The van der Waals surface area contributed by atoms with Crippen molar-refractivity contribution < 1.29 is 13.6 Å². The number of rotatable bonds is 5. The van der Waals surface area contributed by atoms with E-state index in [9.17, 15) is 8.42 Å². The lowest BCUT2D eigenvalue weighted by Crippen LogP contribution is -2.25. The van der Waals surface area contributed by atoms with Crippen molar-refractivity contribution in [3.63, 3.8) is 0 Å². The lowest BCUT2D eigenvalue weighted by atomic mass is 10.2. The van der Waals surface area contributed by atoms with Gasteiger partial charge in [0.2, 0.25) is 0 Å². The molecule has 3 N–H and O–H groups in total. The number of anilines is 1. The summed E-state index contributed by atoms with van der Waals surface area (Å²) in [6, 6.07) is 4.90. The van der Waals surface area contributed by atoms with Gasteiger partial charge in [0.05, 0.1) is 16.5 Å². The minimum atomic E-state index is -3.02. The van der Waals surface area contributed by atoms with Crippen LogP contribution in [0.15, 0.2) is 23.4 Å². The van der Waals surface area contributed by atoms with E-state index in [0.29, 0.717) is 22.8 Å². The fraction of sp³-hybridized carbons (Fsp3) is 0.364. The van der Waals surface area contributed by atoms with Crippen LogP contribution in [-0.2, 0) is 9.84 Å². The Morgan fingerprint density at radius 2 is 2.16 bits per heavy atom. The number of nitrogens with two attached hydrogens (primary N) is 1. The molecule has 0 saturated heterocycles. The molecule has 0 amide bonds. The highest BCUT2D eigenvalue weighted by atomic mass is 35.5. The lowest BCUT2D eigenvalue weighted by molar-refractivity contribution is 0.318. The van der Waals surface area contributed by atoms with Gasteiger partial charge in [-0.05, 0) is 18.2 Å². The molecule has 6 nitrogen and oxygen atoms in total. The summed E-state index contributed by atoms with van der Waals surface area (Å²) in [5.74, 6) is 0.00851. The number of sulfone groups is 1. The Morgan fingerprint density at radius 1 is 1.53 bits per heavy atom. The van der Waals surface area contributed by atoms with Crippen LogP contribution in [0.2, 0.25) is 5.02 Å². The Balaban J connectivity index is 2.90. The fourth-order valence-corrected chi connectivity index (χ4v) is 2.39. The van der Waals surface area contributed by atoms with Crippen molar-refractivity contribution in [3.8, 4) is 0 Å². The van der Waals surface area contributed by atoms with Gasteiger partial charge in [0, 0.05) is 25.4 Å². The van der Waals surface area contributed by atoms with Crippen LogP contribution in [0, 0.1) is 0 Å². The third-order valence-corrected chi connectivity index (χ3v) is 3.79. The molecule has 0 atom stereocenters. The monoisotopic (exact) mass is 305 g/mol. The molecule has 0 aromatic heterocycles. The van der Waals surface area contributed by atoms with Gasteiger partial charge < -0.3 is 15.8 Å². The first kappa shape index (κ1) is 15.6. The molecule has 0 unspecified atom stereocenters. The Labute approximate surface area is 117 Å². The van der Waals surface area contributed by atoms with Crippen LogP contribution in [-0.4, -0.2) is 45.1 Å². The van der Waals surface area contributed by atoms with Crippen LogP contribution in [0.1, 0.15) is 5.56 Å². The van der Waals surface area contributed by atoms with Gasteiger partial charge in [0.1, 0.15) is 9.84 Å². The summed E-state index contributed by atoms with van der Waals surface area (Å²) in [4.78, 5) is 1.74. The van der Waals surface area contributed by atoms with E-state index >= 15 is 0 Å². The number of nitrogens with zero attached hydrogens (tertiary/aromatic N) is 2. The SMILES string of the molecule is CN(CCS(C)(=O)=O)c1ccc(C(N)=NO)cc1Cl. The molecule has 8 heteroatoms. The summed E-state index contributed by atoms with van der Waals surface area (Å²) < 4.78 is 22.2. The van der Waals surface area contributed by atoms with Gasteiger partial charge in [0.25, 0.3) is 0 Å². The maximum Gasteiger partial charge on any atom is 0.170 e. The number of oxime groups is 1. The second-order valence-corrected chi connectivity index (χ2v) is 6.87. The molecule has 0 saturated carbocycles. The van der Waals surface area contributed by atoms with Gasteiger partial charge in [0.15, 0.2) is 5.84 Å². The molecule has 0 bridgehead atoms. The van der Waals surface area contributed by atoms with Gasteiger partial charge in [-0.25, -0.2) is 8.42 Å². The van der Waals surface area contributed by atoms with Crippen LogP contribution in [0.25, 0.3) is 0 Å². The van der Waals surface area contributed by atoms with Crippen molar-refractivity contribution in [2.24, 2.45) is 10.9 Å². The maximum atomic E-state index is 11.1. The zero-order valence-electron chi connectivity index (χ0n) is 10.7. The van der Waals surface area contributed by atoms with Gasteiger partial charge in [-0.15, -0.1) is 0 Å². The summed E-state index contributed by atoms with van der Waals surface area (Å²) in [6.45, 7) is 0.335. The zero-order valence-corrected chi connectivity index (χ0v) is 12.2. The van der Waals surface area contributed by atoms with Crippen LogP contribution < -0.4 is 10.6 Å². The minimum absolute atomic E-state index is 0.0350. The van der Waals surface area contributed by atoms with E-state index in [1.165, 1.54) is 6.26 Å². The smallest absolute Gasteiger partial charge is 0.170 e. The maximum absolute atomic E-state index is 11.1. The zero-order chi connectivity index (χ0) is 14.6. The first-order valence-corrected chi connectivity index (χ1v) is 7.85. The Bertz CT molecular complexity index is 587. The summed E-state index contributed by atoms with van der Waals surface area (Å²) >= 11 is 6.09. The largest absolute Gasteiger partial charge is 0.409 e. The fourth-order valence-electron chi connectivity index (χ4n) is 1.46. The number of hydrogen-bond acceptors (Lipinski definition) is 5. The van der Waals surface area contributed by atoms with Crippen LogP contribution in [0.4, 0.5) is 5.69 Å². The highest BCUT2D eigenvalue weighted by molar-refractivity contribution is 7.90. The number of halogens is 1. The molecule has 1 aromatic rings. The van der Waals surface area contributed by atoms with Crippen molar-refractivity contribution in [1.82, 2.24) is 0 Å². The molecule has 0 fully saturated rings. The number of hydrogen-bond donors (Lipinski definition) is 2. The summed E-state index contributed by atoms with van der Waals surface area (Å²) in [7, 11) is -1.28. The molecular formula is C11H16ClN3O3S. The first-order chi connectivity index (χ1) is 8.74. The second kappa shape index (κ2) is 6.12. The van der Waals surface area contributed by atoms with E-state index in [-0.39, 0.29) is 11.6 Å². The molecular weight excluding hydrogens is 290 g/mol. The van der Waals surface area contributed by atoms with Crippen molar-refractivity contribution >= 4 is 33.0 Å². The Hall–Kier alpha value is -1.47. The molecule has 0 aliphatic rings. The molecule has 0 aliphatic carbocycles. The van der Waals surface area contributed by atoms with Crippen molar-refractivity contribution in [1.29, 1.82) is 0 Å². The summed E-state index contributed by atoms with van der Waals surface area (Å²) in [5, 5.41) is 11.9. The molecule has 0 aliphatic heterocycles. The van der Waals surface area contributed by atoms with Crippen LogP contribution in [0.3, 0.4) is 0 Å². The van der Waals surface area contributed by atoms with Gasteiger partial charge in [-0.2, -0.15) is 0 Å². The van der Waals surface area contributed by atoms with E-state index in [2.05, 4.69) is 5.16 Å².